The first-order valence-corrected chi connectivity index (χ1v) is 6.26. The zero-order chi connectivity index (χ0) is 13.8. The van der Waals surface area contributed by atoms with E-state index < -0.39 is 5.97 Å². The van der Waals surface area contributed by atoms with Crippen LogP contribution in [0.1, 0.15) is 23.7 Å². The maximum absolute atomic E-state index is 11.8. The zero-order valence-corrected chi connectivity index (χ0v) is 11.0. The number of piperazine rings is 1. The van der Waals surface area contributed by atoms with E-state index in [0.717, 1.165) is 0 Å². The molecule has 6 heteroatoms. The maximum atomic E-state index is 11.8. The van der Waals surface area contributed by atoms with Crippen molar-refractivity contribution < 1.29 is 14.3 Å². The summed E-state index contributed by atoms with van der Waals surface area (Å²) in [6, 6.07) is 3.02. The molecule has 1 amide bonds. The fraction of sp³-hybridized carbons (Fsp3) is 0.462. The molecular weight excluding hydrogens is 246 g/mol. The lowest BCUT2D eigenvalue weighted by Crippen LogP contribution is -2.55. The summed E-state index contributed by atoms with van der Waals surface area (Å²) >= 11 is 0. The molecule has 1 N–H and O–H groups in total. The van der Waals surface area contributed by atoms with E-state index in [2.05, 4.69) is 15.0 Å². The Balaban J connectivity index is 2.29. The Kier molecular flexibility index (Phi) is 3.99. The second-order valence-corrected chi connectivity index (χ2v) is 4.30. The average Bonchev–Trinajstić information content (AvgIpc) is 2.46. The number of rotatable bonds is 3. The second kappa shape index (κ2) is 5.69. The molecule has 0 bridgehead atoms. The molecule has 1 aromatic heterocycles. The van der Waals surface area contributed by atoms with E-state index in [9.17, 15) is 9.59 Å². The number of ether oxygens (including phenoxy) is 1. The number of methoxy groups -OCH3 is 1. The Bertz CT molecular complexity index is 490. The number of nitrogens with zero attached hydrogens (tertiary/aromatic N) is 2. The first kappa shape index (κ1) is 13.3. The number of hydrogen-bond donors (Lipinski definition) is 1. The van der Waals surface area contributed by atoms with Crippen molar-refractivity contribution in [3.05, 3.63) is 23.9 Å². The number of amides is 1. The topological polar surface area (TPSA) is 71.5 Å². The zero-order valence-electron chi connectivity index (χ0n) is 11.0. The van der Waals surface area contributed by atoms with Crippen molar-refractivity contribution in [2.75, 3.05) is 25.1 Å². The van der Waals surface area contributed by atoms with Gasteiger partial charge >= 0.3 is 5.97 Å². The van der Waals surface area contributed by atoms with E-state index in [4.69, 9.17) is 0 Å². The molecule has 1 aliphatic heterocycles. The van der Waals surface area contributed by atoms with E-state index in [1.807, 2.05) is 11.8 Å². The van der Waals surface area contributed by atoms with Gasteiger partial charge in [0.2, 0.25) is 5.91 Å². The molecule has 1 fully saturated rings. The molecule has 19 heavy (non-hydrogen) atoms. The summed E-state index contributed by atoms with van der Waals surface area (Å²) in [4.78, 5) is 29.5. The Morgan fingerprint density at radius 3 is 3.11 bits per heavy atom. The Labute approximate surface area is 111 Å². The van der Waals surface area contributed by atoms with Crippen molar-refractivity contribution in [2.24, 2.45) is 0 Å². The van der Waals surface area contributed by atoms with Gasteiger partial charge in [-0.1, -0.05) is 6.92 Å². The quantitative estimate of drug-likeness (QED) is 0.808. The lowest BCUT2D eigenvalue weighted by atomic mass is 10.1. The highest BCUT2D eigenvalue weighted by Gasteiger charge is 2.29. The normalized spacial score (nSPS) is 18.9. The van der Waals surface area contributed by atoms with Gasteiger partial charge in [-0.3, -0.25) is 4.79 Å². The van der Waals surface area contributed by atoms with Crippen LogP contribution in [0.3, 0.4) is 0 Å². The van der Waals surface area contributed by atoms with Crippen molar-refractivity contribution in [1.29, 1.82) is 0 Å². The van der Waals surface area contributed by atoms with Crippen LogP contribution >= 0.6 is 0 Å². The number of pyridine rings is 1. The van der Waals surface area contributed by atoms with Gasteiger partial charge in [0.25, 0.3) is 0 Å². The van der Waals surface area contributed by atoms with E-state index in [1.165, 1.54) is 7.11 Å². The highest BCUT2D eigenvalue weighted by molar-refractivity contribution is 5.91. The second-order valence-electron chi connectivity index (χ2n) is 4.30. The van der Waals surface area contributed by atoms with Crippen LogP contribution in [0.4, 0.5) is 5.82 Å². The molecule has 0 aliphatic carbocycles. The van der Waals surface area contributed by atoms with Gasteiger partial charge in [-0.15, -0.1) is 0 Å². The van der Waals surface area contributed by atoms with Crippen LogP contribution in [-0.4, -0.2) is 43.1 Å². The third-order valence-electron chi connectivity index (χ3n) is 3.18. The number of aromatic nitrogens is 1. The van der Waals surface area contributed by atoms with E-state index >= 15 is 0 Å². The highest BCUT2D eigenvalue weighted by Crippen LogP contribution is 2.19. The van der Waals surface area contributed by atoms with Gasteiger partial charge in [-0.05, 0) is 18.6 Å². The van der Waals surface area contributed by atoms with Gasteiger partial charge in [0.1, 0.15) is 11.9 Å². The predicted molar refractivity (Wildman–Crippen MR) is 70.0 cm³/mol. The summed E-state index contributed by atoms with van der Waals surface area (Å²) in [7, 11) is 1.34. The first-order valence-electron chi connectivity index (χ1n) is 6.26. The molecule has 1 unspecified atom stereocenters. The van der Waals surface area contributed by atoms with Gasteiger partial charge in [0, 0.05) is 19.3 Å². The van der Waals surface area contributed by atoms with Gasteiger partial charge in [0.15, 0.2) is 0 Å². The van der Waals surface area contributed by atoms with Gasteiger partial charge in [0.05, 0.1) is 12.7 Å². The number of esters is 1. The number of carbonyl (C=O) groups excluding carboxylic acids is 2. The number of carbonyl (C=O) groups is 2. The summed E-state index contributed by atoms with van der Waals surface area (Å²) in [5.74, 6) is 0.224. The fourth-order valence-corrected chi connectivity index (χ4v) is 2.22. The molecule has 2 heterocycles. The van der Waals surface area contributed by atoms with Crippen molar-refractivity contribution in [3.8, 4) is 0 Å². The van der Waals surface area contributed by atoms with Crippen molar-refractivity contribution in [3.63, 3.8) is 0 Å². The molecule has 1 aliphatic rings. The lowest BCUT2D eigenvalue weighted by Gasteiger charge is -2.35. The summed E-state index contributed by atoms with van der Waals surface area (Å²) in [6.07, 6.45) is 2.25. The minimum atomic E-state index is -0.404. The van der Waals surface area contributed by atoms with Crippen molar-refractivity contribution >= 4 is 17.7 Å². The van der Waals surface area contributed by atoms with Crippen LogP contribution in [0, 0.1) is 0 Å². The van der Waals surface area contributed by atoms with Crippen molar-refractivity contribution in [1.82, 2.24) is 10.3 Å². The Morgan fingerprint density at radius 1 is 1.63 bits per heavy atom. The molecule has 2 rings (SSSR count). The van der Waals surface area contributed by atoms with Crippen LogP contribution in [0.5, 0.6) is 0 Å². The smallest absolute Gasteiger partial charge is 0.338 e. The third-order valence-corrected chi connectivity index (χ3v) is 3.18. The SMILES string of the molecule is CCC1C(=O)NCCN1c1cc(C(=O)OC)ccn1. The summed E-state index contributed by atoms with van der Waals surface area (Å²) in [6.45, 7) is 3.22. The van der Waals surface area contributed by atoms with Gasteiger partial charge in [-0.2, -0.15) is 0 Å². The summed E-state index contributed by atoms with van der Waals surface area (Å²) in [5.41, 5.74) is 0.438. The Morgan fingerprint density at radius 2 is 2.42 bits per heavy atom. The predicted octanol–water partition coefficient (Wildman–Crippen LogP) is 0.583. The molecule has 1 saturated heterocycles. The lowest BCUT2D eigenvalue weighted by molar-refractivity contribution is -0.123. The van der Waals surface area contributed by atoms with Gasteiger partial charge in [-0.25, -0.2) is 9.78 Å². The van der Waals surface area contributed by atoms with Crippen LogP contribution in [0.25, 0.3) is 0 Å². The Hall–Kier alpha value is -2.11. The molecule has 0 spiro atoms. The van der Waals surface area contributed by atoms with E-state index in [-0.39, 0.29) is 11.9 Å². The van der Waals surface area contributed by atoms with Crippen LogP contribution in [0.2, 0.25) is 0 Å². The molecule has 6 nitrogen and oxygen atoms in total. The van der Waals surface area contributed by atoms with E-state index in [0.29, 0.717) is 30.9 Å². The van der Waals surface area contributed by atoms with Crippen LogP contribution in [0.15, 0.2) is 18.3 Å². The molecule has 0 radical (unpaired) electrons. The molecule has 0 aromatic carbocycles. The fourth-order valence-electron chi connectivity index (χ4n) is 2.22. The maximum Gasteiger partial charge on any atom is 0.338 e. The van der Waals surface area contributed by atoms with Gasteiger partial charge < -0.3 is 15.0 Å². The average molecular weight is 263 g/mol. The molecule has 1 aromatic rings. The molecule has 1 atom stereocenters. The first-order chi connectivity index (χ1) is 9.17. The largest absolute Gasteiger partial charge is 0.465 e. The highest BCUT2D eigenvalue weighted by atomic mass is 16.5. The van der Waals surface area contributed by atoms with Crippen LogP contribution in [-0.2, 0) is 9.53 Å². The molecule has 0 saturated carbocycles. The minimum Gasteiger partial charge on any atom is -0.465 e. The van der Waals surface area contributed by atoms with Crippen LogP contribution < -0.4 is 10.2 Å². The molecule has 102 valence electrons. The summed E-state index contributed by atoms with van der Waals surface area (Å²) < 4.78 is 4.69. The molecular formula is C13H17N3O3. The van der Waals surface area contributed by atoms with E-state index in [1.54, 1.807) is 18.3 Å². The number of hydrogen-bond acceptors (Lipinski definition) is 5. The monoisotopic (exact) mass is 263 g/mol. The number of nitrogens with one attached hydrogen (secondary N) is 1. The minimum absolute atomic E-state index is 0.000906. The summed E-state index contributed by atoms with van der Waals surface area (Å²) in [5, 5.41) is 2.83. The third kappa shape index (κ3) is 2.67. The van der Waals surface area contributed by atoms with Crippen molar-refractivity contribution in [2.45, 2.75) is 19.4 Å². The number of anilines is 1. The standard InChI is InChI=1S/C13H17N3O3/c1-3-10-12(17)15-6-7-16(10)11-8-9(4-5-14-11)13(18)19-2/h4-5,8,10H,3,6-7H2,1-2H3,(H,15,17).